The molecule has 6 heteroatoms. The number of halogens is 4. The number of anilines is 1. The van der Waals surface area contributed by atoms with Gasteiger partial charge in [-0.25, -0.2) is 0 Å². The molecular formula is C14H16ClF3N2. The molecule has 1 heterocycles. The summed E-state index contributed by atoms with van der Waals surface area (Å²) < 4.78 is 39.3. The van der Waals surface area contributed by atoms with Gasteiger partial charge in [0.15, 0.2) is 0 Å². The summed E-state index contributed by atoms with van der Waals surface area (Å²) in [6.07, 6.45) is -1.16. The van der Waals surface area contributed by atoms with Gasteiger partial charge in [-0.2, -0.15) is 13.2 Å². The molecule has 1 atom stereocenters. The van der Waals surface area contributed by atoms with Crippen molar-refractivity contribution in [3.05, 3.63) is 28.8 Å². The summed E-state index contributed by atoms with van der Waals surface area (Å²) in [4.78, 5) is 1.76. The Labute approximate surface area is 120 Å². The van der Waals surface area contributed by atoms with Gasteiger partial charge in [0.2, 0.25) is 0 Å². The maximum absolute atomic E-state index is 13.1. The second-order valence-electron chi connectivity index (χ2n) is 5.51. The Bertz CT molecular complexity index is 500. The summed E-state index contributed by atoms with van der Waals surface area (Å²) in [5.74, 6) is 0. The predicted octanol–water partition coefficient (Wildman–Crippen LogP) is 3.69. The third-order valence-electron chi connectivity index (χ3n) is 3.85. The molecule has 1 N–H and O–H groups in total. The van der Waals surface area contributed by atoms with E-state index in [0.29, 0.717) is 19.1 Å². The van der Waals surface area contributed by atoms with Crippen molar-refractivity contribution in [2.75, 3.05) is 18.0 Å². The molecule has 1 aliphatic heterocycles. The topological polar surface area (TPSA) is 15.3 Å². The molecule has 1 saturated carbocycles. The fraction of sp³-hybridized carbons (Fsp3) is 0.571. The molecule has 1 unspecified atom stereocenters. The van der Waals surface area contributed by atoms with Gasteiger partial charge in [0.05, 0.1) is 16.3 Å². The molecule has 1 aromatic rings. The molecule has 0 spiro atoms. The lowest BCUT2D eigenvalue weighted by Crippen LogP contribution is -2.34. The van der Waals surface area contributed by atoms with Crippen molar-refractivity contribution in [2.45, 2.75) is 37.5 Å². The van der Waals surface area contributed by atoms with Crippen LogP contribution < -0.4 is 10.2 Å². The van der Waals surface area contributed by atoms with E-state index >= 15 is 0 Å². The fourth-order valence-electron chi connectivity index (χ4n) is 2.75. The first-order valence-corrected chi connectivity index (χ1v) is 7.19. The van der Waals surface area contributed by atoms with Gasteiger partial charge in [-0.05, 0) is 31.4 Å². The molecule has 110 valence electrons. The largest absolute Gasteiger partial charge is 0.418 e. The minimum atomic E-state index is -4.37. The number of rotatable bonds is 3. The van der Waals surface area contributed by atoms with Crippen molar-refractivity contribution in [1.29, 1.82) is 0 Å². The van der Waals surface area contributed by atoms with Crippen LogP contribution in [0.4, 0.5) is 18.9 Å². The molecule has 0 aromatic heterocycles. The summed E-state index contributed by atoms with van der Waals surface area (Å²) >= 11 is 6.02. The molecule has 1 aromatic carbocycles. The molecular weight excluding hydrogens is 289 g/mol. The highest BCUT2D eigenvalue weighted by Crippen LogP contribution is 2.41. The number of hydrogen-bond donors (Lipinski definition) is 1. The van der Waals surface area contributed by atoms with Gasteiger partial charge in [0.25, 0.3) is 0 Å². The zero-order valence-corrected chi connectivity index (χ0v) is 11.6. The molecule has 3 rings (SSSR count). The highest BCUT2D eigenvalue weighted by molar-refractivity contribution is 6.33. The van der Waals surface area contributed by atoms with E-state index in [1.54, 1.807) is 4.90 Å². The van der Waals surface area contributed by atoms with E-state index in [1.807, 2.05) is 0 Å². The van der Waals surface area contributed by atoms with Crippen LogP contribution >= 0.6 is 11.6 Å². The zero-order chi connectivity index (χ0) is 14.3. The van der Waals surface area contributed by atoms with E-state index in [9.17, 15) is 13.2 Å². The van der Waals surface area contributed by atoms with Gasteiger partial charge in [-0.15, -0.1) is 0 Å². The second-order valence-corrected chi connectivity index (χ2v) is 5.91. The number of alkyl halides is 3. The van der Waals surface area contributed by atoms with Crippen molar-refractivity contribution >= 4 is 17.3 Å². The highest BCUT2D eigenvalue weighted by Gasteiger charge is 2.38. The molecule has 1 aliphatic carbocycles. The monoisotopic (exact) mass is 304 g/mol. The van der Waals surface area contributed by atoms with Crippen LogP contribution in [0.15, 0.2) is 18.2 Å². The number of para-hydroxylation sites is 1. The molecule has 0 bridgehead atoms. The first-order chi connectivity index (χ1) is 9.45. The van der Waals surface area contributed by atoms with Crippen LogP contribution in [0.1, 0.15) is 24.8 Å². The van der Waals surface area contributed by atoms with Crippen LogP contribution in [-0.2, 0) is 6.18 Å². The zero-order valence-electron chi connectivity index (χ0n) is 10.9. The highest BCUT2D eigenvalue weighted by atomic mass is 35.5. The average Bonchev–Trinajstić information content (AvgIpc) is 3.05. The average molecular weight is 305 g/mol. The SMILES string of the molecule is FC(F)(F)c1cccc(Cl)c1N1CCC(NC2CC2)C1. The quantitative estimate of drug-likeness (QED) is 0.916. The van der Waals surface area contributed by atoms with Crippen LogP contribution in [0.5, 0.6) is 0 Å². The Kier molecular flexibility index (Phi) is 3.58. The predicted molar refractivity (Wildman–Crippen MR) is 73.2 cm³/mol. The maximum atomic E-state index is 13.1. The van der Waals surface area contributed by atoms with Gasteiger partial charge in [0, 0.05) is 25.2 Å². The smallest absolute Gasteiger partial charge is 0.368 e. The van der Waals surface area contributed by atoms with Gasteiger partial charge >= 0.3 is 6.18 Å². The first-order valence-electron chi connectivity index (χ1n) is 6.82. The Balaban J connectivity index is 1.82. The van der Waals surface area contributed by atoms with Crippen LogP contribution in [0.3, 0.4) is 0 Å². The molecule has 2 nitrogen and oxygen atoms in total. The lowest BCUT2D eigenvalue weighted by molar-refractivity contribution is -0.137. The minimum Gasteiger partial charge on any atom is -0.368 e. The molecule has 20 heavy (non-hydrogen) atoms. The van der Waals surface area contributed by atoms with Crippen LogP contribution in [-0.4, -0.2) is 25.2 Å². The third kappa shape index (κ3) is 2.88. The summed E-state index contributed by atoms with van der Waals surface area (Å²) in [7, 11) is 0. The lowest BCUT2D eigenvalue weighted by Gasteiger charge is -2.24. The Morgan fingerprint density at radius 1 is 1.15 bits per heavy atom. The van der Waals surface area contributed by atoms with Crippen molar-refractivity contribution in [3.63, 3.8) is 0 Å². The summed E-state index contributed by atoms with van der Waals surface area (Å²) in [5.41, 5.74) is -0.515. The van der Waals surface area contributed by atoms with E-state index in [4.69, 9.17) is 11.6 Å². The van der Waals surface area contributed by atoms with Crippen molar-refractivity contribution in [2.24, 2.45) is 0 Å². The van der Waals surface area contributed by atoms with Crippen molar-refractivity contribution in [1.82, 2.24) is 5.32 Å². The van der Waals surface area contributed by atoms with Gasteiger partial charge in [0.1, 0.15) is 0 Å². The van der Waals surface area contributed by atoms with E-state index in [0.717, 1.165) is 12.5 Å². The van der Waals surface area contributed by atoms with Crippen LogP contribution in [0.25, 0.3) is 0 Å². The van der Waals surface area contributed by atoms with E-state index in [2.05, 4.69) is 5.32 Å². The molecule has 0 amide bonds. The minimum absolute atomic E-state index is 0.127. The van der Waals surface area contributed by atoms with Crippen LogP contribution in [0.2, 0.25) is 5.02 Å². The summed E-state index contributed by atoms with van der Waals surface area (Å²) in [5, 5.41) is 3.64. The second kappa shape index (κ2) is 5.11. The maximum Gasteiger partial charge on any atom is 0.418 e. The Hall–Kier alpha value is -0.940. The summed E-state index contributed by atoms with van der Waals surface area (Å²) in [6, 6.07) is 4.80. The van der Waals surface area contributed by atoms with Gasteiger partial charge in [-0.3, -0.25) is 0 Å². The number of nitrogens with zero attached hydrogens (tertiary/aromatic N) is 1. The number of nitrogens with one attached hydrogen (secondary N) is 1. The van der Waals surface area contributed by atoms with Crippen molar-refractivity contribution in [3.8, 4) is 0 Å². The fourth-order valence-corrected chi connectivity index (χ4v) is 3.04. The van der Waals surface area contributed by atoms with Crippen molar-refractivity contribution < 1.29 is 13.2 Å². The molecule has 2 fully saturated rings. The van der Waals surface area contributed by atoms with E-state index in [1.165, 1.54) is 25.0 Å². The Morgan fingerprint density at radius 2 is 1.90 bits per heavy atom. The van der Waals surface area contributed by atoms with Gasteiger partial charge < -0.3 is 10.2 Å². The normalized spacial score (nSPS) is 23.4. The number of benzene rings is 1. The van der Waals surface area contributed by atoms with Crippen LogP contribution in [0, 0.1) is 0 Å². The van der Waals surface area contributed by atoms with E-state index in [-0.39, 0.29) is 16.8 Å². The standard InChI is InChI=1S/C14H16ClF3N2/c15-12-3-1-2-11(14(16,17)18)13(12)20-7-6-10(8-20)19-9-4-5-9/h1-3,9-10,19H,4-8H2. The first kappa shape index (κ1) is 14.0. The molecule has 0 radical (unpaired) electrons. The number of hydrogen-bond acceptors (Lipinski definition) is 2. The Morgan fingerprint density at radius 3 is 2.55 bits per heavy atom. The molecule has 2 aliphatic rings. The van der Waals surface area contributed by atoms with E-state index < -0.39 is 11.7 Å². The van der Waals surface area contributed by atoms with Gasteiger partial charge in [-0.1, -0.05) is 17.7 Å². The lowest BCUT2D eigenvalue weighted by atomic mass is 10.1. The molecule has 1 saturated heterocycles. The third-order valence-corrected chi connectivity index (χ3v) is 4.15. The summed E-state index contributed by atoms with van der Waals surface area (Å²) in [6.45, 7) is 1.19.